The van der Waals surface area contributed by atoms with E-state index in [0.29, 0.717) is 17.2 Å². The van der Waals surface area contributed by atoms with Gasteiger partial charge in [-0.1, -0.05) is 13.8 Å². The molecule has 0 amide bonds. The predicted molar refractivity (Wildman–Crippen MR) is 83.7 cm³/mol. The Morgan fingerprint density at radius 2 is 1.85 bits per heavy atom. The van der Waals surface area contributed by atoms with Gasteiger partial charge in [0, 0.05) is 11.8 Å². The van der Waals surface area contributed by atoms with Gasteiger partial charge in [-0.05, 0) is 32.1 Å². The van der Waals surface area contributed by atoms with Gasteiger partial charge in [-0.2, -0.15) is 0 Å². The lowest BCUT2D eigenvalue weighted by Gasteiger charge is -2.32. The van der Waals surface area contributed by atoms with Gasteiger partial charge in [0.25, 0.3) is 0 Å². The summed E-state index contributed by atoms with van der Waals surface area (Å²) in [5, 5.41) is 9.89. The van der Waals surface area contributed by atoms with E-state index in [9.17, 15) is 5.11 Å². The molecule has 0 bridgehead atoms. The lowest BCUT2D eigenvalue weighted by Crippen LogP contribution is -2.46. The van der Waals surface area contributed by atoms with Crippen molar-refractivity contribution >= 4 is 18.1 Å². The molecule has 3 N–H and O–H groups in total. The number of nitrogen functional groups attached to an aromatic ring is 1. The maximum absolute atomic E-state index is 9.89. The van der Waals surface area contributed by atoms with Crippen LogP contribution in [0.25, 0.3) is 0 Å². The molecule has 0 aromatic heterocycles. The summed E-state index contributed by atoms with van der Waals surface area (Å²) in [4.78, 5) is 2.04. The van der Waals surface area contributed by atoms with Crippen LogP contribution in [0.4, 0.5) is 5.69 Å². The number of hydrogen-bond donors (Lipinski definition) is 2. The molecule has 1 aromatic carbocycles. The van der Waals surface area contributed by atoms with Gasteiger partial charge < -0.3 is 20.3 Å². The summed E-state index contributed by atoms with van der Waals surface area (Å²) in [5.41, 5.74) is 6.32. The van der Waals surface area contributed by atoms with Crippen LogP contribution < -0.4 is 15.2 Å². The van der Waals surface area contributed by atoms with Crippen molar-refractivity contribution in [2.24, 2.45) is 0 Å². The van der Waals surface area contributed by atoms with E-state index in [1.807, 2.05) is 18.7 Å². The fourth-order valence-corrected chi connectivity index (χ4v) is 1.97. The third kappa shape index (κ3) is 4.74. The minimum absolute atomic E-state index is 0. The minimum Gasteiger partial charge on any atom is -0.493 e. The number of aliphatic hydroxyl groups excluding tert-OH is 1. The van der Waals surface area contributed by atoms with E-state index in [4.69, 9.17) is 15.2 Å². The van der Waals surface area contributed by atoms with E-state index < -0.39 is 12.3 Å². The molecule has 1 unspecified atom stereocenters. The number of nitrogens with two attached hydrogens (primary N) is 1. The van der Waals surface area contributed by atoms with Crippen molar-refractivity contribution in [2.45, 2.75) is 33.1 Å². The van der Waals surface area contributed by atoms with Crippen LogP contribution in [-0.2, 0) is 0 Å². The van der Waals surface area contributed by atoms with E-state index in [-0.39, 0.29) is 12.4 Å². The Balaban J connectivity index is 0.00000361. The largest absolute Gasteiger partial charge is 0.493 e. The van der Waals surface area contributed by atoms with Crippen LogP contribution in [0.15, 0.2) is 18.2 Å². The Hall–Kier alpha value is -1.17. The molecule has 20 heavy (non-hydrogen) atoms. The van der Waals surface area contributed by atoms with Crippen LogP contribution in [0.5, 0.6) is 11.5 Å². The first-order valence-corrected chi connectivity index (χ1v) is 6.55. The molecule has 0 aliphatic carbocycles. The summed E-state index contributed by atoms with van der Waals surface area (Å²) in [6.07, 6.45) is -1.02. The summed E-state index contributed by atoms with van der Waals surface area (Å²) >= 11 is 0. The van der Waals surface area contributed by atoms with E-state index in [1.165, 1.54) is 0 Å². The first kappa shape index (κ1) is 18.8. The first-order chi connectivity index (χ1) is 9.03. The van der Waals surface area contributed by atoms with Crippen LogP contribution in [0.1, 0.15) is 20.8 Å². The maximum atomic E-state index is 9.89. The van der Waals surface area contributed by atoms with Gasteiger partial charge in [0.1, 0.15) is 6.10 Å². The highest BCUT2D eigenvalue weighted by Gasteiger charge is 2.24. The molecular formula is C14H25ClN2O3. The van der Waals surface area contributed by atoms with Gasteiger partial charge in [0.15, 0.2) is 17.7 Å². The van der Waals surface area contributed by atoms with E-state index in [0.717, 1.165) is 13.1 Å². The molecule has 0 aliphatic heterocycles. The summed E-state index contributed by atoms with van der Waals surface area (Å²) in [7, 11) is 1.57. The van der Waals surface area contributed by atoms with Gasteiger partial charge in [-0.3, -0.25) is 4.90 Å². The highest BCUT2D eigenvalue weighted by molar-refractivity contribution is 5.85. The summed E-state index contributed by atoms with van der Waals surface area (Å²) in [6.45, 7) is 7.37. The van der Waals surface area contributed by atoms with Crippen molar-refractivity contribution in [1.82, 2.24) is 4.90 Å². The zero-order valence-corrected chi connectivity index (χ0v) is 13.3. The molecule has 0 saturated heterocycles. The third-order valence-corrected chi connectivity index (χ3v) is 3.02. The number of hydrogen-bond acceptors (Lipinski definition) is 5. The molecule has 0 radical (unpaired) electrons. The number of rotatable bonds is 7. The standard InChI is InChI=1S/C14H24N2O3.ClH/c1-5-16(6-2)14(10(3)17)19-12-8-7-11(15)9-13(12)18-4;/h7-10,14,17H,5-6,15H2,1-4H3;1H/t10?,14-;/m1./s1. The molecule has 0 spiro atoms. The molecule has 1 rings (SSSR count). The smallest absolute Gasteiger partial charge is 0.178 e. The van der Waals surface area contributed by atoms with Gasteiger partial charge in [-0.25, -0.2) is 0 Å². The zero-order valence-electron chi connectivity index (χ0n) is 12.5. The summed E-state index contributed by atoms with van der Waals surface area (Å²) < 4.78 is 11.1. The molecule has 0 aliphatic rings. The predicted octanol–water partition coefficient (Wildman–Crippen LogP) is 2.13. The van der Waals surface area contributed by atoms with E-state index in [2.05, 4.69) is 0 Å². The lowest BCUT2D eigenvalue weighted by molar-refractivity contribution is -0.0548. The molecule has 5 nitrogen and oxygen atoms in total. The van der Waals surface area contributed by atoms with Crippen molar-refractivity contribution in [3.05, 3.63) is 18.2 Å². The number of halogens is 1. The molecule has 0 saturated carbocycles. The Morgan fingerprint density at radius 3 is 2.30 bits per heavy atom. The maximum Gasteiger partial charge on any atom is 0.178 e. The van der Waals surface area contributed by atoms with Crippen molar-refractivity contribution in [3.63, 3.8) is 0 Å². The second kappa shape index (κ2) is 8.89. The molecular weight excluding hydrogens is 280 g/mol. The average molecular weight is 305 g/mol. The molecule has 0 heterocycles. The normalized spacial score (nSPS) is 13.5. The summed E-state index contributed by atoms with van der Waals surface area (Å²) in [5.74, 6) is 1.15. The molecule has 1 aromatic rings. The van der Waals surface area contributed by atoms with Crippen LogP contribution in [0.2, 0.25) is 0 Å². The Labute approximate surface area is 127 Å². The zero-order chi connectivity index (χ0) is 14.4. The Morgan fingerprint density at radius 1 is 1.25 bits per heavy atom. The fourth-order valence-electron chi connectivity index (χ4n) is 1.97. The monoisotopic (exact) mass is 304 g/mol. The SMILES string of the molecule is CCN(CC)[C@H](Oc1ccc(N)cc1OC)C(C)O.Cl. The number of benzene rings is 1. The number of anilines is 1. The quantitative estimate of drug-likeness (QED) is 0.596. The van der Waals surface area contributed by atoms with Gasteiger partial charge in [-0.15, -0.1) is 12.4 Å². The summed E-state index contributed by atoms with van der Waals surface area (Å²) in [6, 6.07) is 5.21. The fraction of sp³-hybridized carbons (Fsp3) is 0.571. The molecule has 0 fully saturated rings. The number of nitrogens with zero attached hydrogens (tertiary/aromatic N) is 1. The van der Waals surface area contributed by atoms with Crippen molar-refractivity contribution < 1.29 is 14.6 Å². The van der Waals surface area contributed by atoms with Gasteiger partial charge in [0.2, 0.25) is 0 Å². The average Bonchev–Trinajstić information content (AvgIpc) is 2.40. The number of ether oxygens (including phenoxy) is 2. The third-order valence-electron chi connectivity index (χ3n) is 3.02. The van der Waals surface area contributed by atoms with E-state index in [1.54, 1.807) is 32.2 Å². The van der Waals surface area contributed by atoms with Crippen LogP contribution in [0.3, 0.4) is 0 Å². The Kier molecular flexibility index (Phi) is 8.37. The number of methoxy groups -OCH3 is 1. The van der Waals surface area contributed by atoms with Crippen LogP contribution in [-0.4, -0.2) is 42.5 Å². The van der Waals surface area contributed by atoms with E-state index >= 15 is 0 Å². The van der Waals surface area contributed by atoms with Gasteiger partial charge in [0.05, 0.1) is 7.11 Å². The second-order valence-corrected chi connectivity index (χ2v) is 4.38. The van der Waals surface area contributed by atoms with Crippen LogP contribution >= 0.6 is 12.4 Å². The number of likely N-dealkylation sites (N-methyl/N-ethyl adjacent to an activating group) is 1. The minimum atomic E-state index is -0.609. The van der Waals surface area contributed by atoms with Crippen molar-refractivity contribution in [2.75, 3.05) is 25.9 Å². The second-order valence-electron chi connectivity index (χ2n) is 4.38. The molecule has 6 heteroatoms. The Bertz CT molecular complexity index is 398. The van der Waals surface area contributed by atoms with Crippen molar-refractivity contribution in [1.29, 1.82) is 0 Å². The number of aliphatic hydroxyl groups is 1. The highest BCUT2D eigenvalue weighted by Crippen LogP contribution is 2.30. The lowest BCUT2D eigenvalue weighted by atomic mass is 10.2. The topological polar surface area (TPSA) is 68.0 Å². The highest BCUT2D eigenvalue weighted by atomic mass is 35.5. The first-order valence-electron chi connectivity index (χ1n) is 6.55. The van der Waals surface area contributed by atoms with Crippen LogP contribution in [0, 0.1) is 0 Å². The molecule has 2 atom stereocenters. The van der Waals surface area contributed by atoms with Gasteiger partial charge >= 0.3 is 0 Å². The molecule has 116 valence electrons. The van der Waals surface area contributed by atoms with Crippen molar-refractivity contribution in [3.8, 4) is 11.5 Å².